The smallest absolute Gasteiger partial charge is 0.157 e. The molecule has 0 bridgehead atoms. The molecule has 0 amide bonds. The van der Waals surface area contributed by atoms with Gasteiger partial charge in [0.05, 0.1) is 0 Å². The molecule has 0 atom stereocenters. The largest absolute Gasteiger partial charge is 0.504 e. The average Bonchev–Trinajstić information content (AvgIpc) is 1.91. The molecule has 3 nitrogen and oxygen atoms in total. The predicted molar refractivity (Wildman–Crippen MR) is 26.9 cm³/mol. The summed E-state index contributed by atoms with van der Waals surface area (Å²) >= 11 is 0. The fraction of sp³-hybridized carbons (Fsp3) is 0. The molecular weight excluding hydrogens is 92.1 g/mol. The van der Waals surface area contributed by atoms with E-state index >= 15 is 0 Å². The van der Waals surface area contributed by atoms with Gasteiger partial charge in [-0.1, -0.05) is 0 Å². The van der Waals surface area contributed by atoms with Crippen LogP contribution in [-0.2, 0) is 0 Å². The quantitative estimate of drug-likeness (QED) is 0.437. The fourth-order valence-electron chi connectivity index (χ4n) is 0.374. The lowest BCUT2D eigenvalue weighted by molar-refractivity contribution is 0.479. The van der Waals surface area contributed by atoms with Gasteiger partial charge < -0.3 is 15.8 Å². The highest BCUT2D eigenvalue weighted by atomic mass is 16.3. The summed E-state index contributed by atoms with van der Waals surface area (Å²) in [5, 5.41) is 8.60. The van der Waals surface area contributed by atoms with Gasteiger partial charge in [-0.2, -0.15) is 0 Å². The maximum Gasteiger partial charge on any atom is 0.157 e. The molecule has 1 aromatic heterocycles. The van der Waals surface area contributed by atoms with E-state index in [1.807, 2.05) is 0 Å². The van der Waals surface area contributed by atoms with Crippen LogP contribution in [0.15, 0.2) is 12.3 Å². The second-order valence-corrected chi connectivity index (χ2v) is 1.28. The van der Waals surface area contributed by atoms with Crippen LogP contribution in [-0.4, -0.2) is 10.1 Å². The van der Waals surface area contributed by atoms with Crippen LogP contribution in [0.4, 0.5) is 5.82 Å². The van der Waals surface area contributed by atoms with E-state index in [0.29, 0.717) is 5.82 Å². The van der Waals surface area contributed by atoms with Crippen LogP contribution in [0.2, 0.25) is 0 Å². The standard InChI is InChI=1S/C4H6N2O/c5-4-3(7)1-2-6-4/h1-2,6-7H,5H2. The molecule has 0 fully saturated rings. The van der Waals surface area contributed by atoms with Crippen molar-refractivity contribution < 1.29 is 5.11 Å². The maximum atomic E-state index is 8.60. The zero-order valence-electron chi connectivity index (χ0n) is 3.68. The van der Waals surface area contributed by atoms with E-state index in [4.69, 9.17) is 10.8 Å². The first-order valence-electron chi connectivity index (χ1n) is 1.92. The van der Waals surface area contributed by atoms with Crippen LogP contribution in [0, 0.1) is 0 Å². The summed E-state index contributed by atoms with van der Waals surface area (Å²) in [7, 11) is 0. The number of nitrogens with two attached hydrogens (primary N) is 1. The molecule has 1 heterocycles. The second kappa shape index (κ2) is 1.18. The summed E-state index contributed by atoms with van der Waals surface area (Å²) < 4.78 is 0. The molecule has 7 heavy (non-hydrogen) atoms. The van der Waals surface area contributed by atoms with Gasteiger partial charge in [0.25, 0.3) is 0 Å². The number of nitrogens with one attached hydrogen (secondary N) is 1. The van der Waals surface area contributed by atoms with Crippen molar-refractivity contribution in [3.8, 4) is 5.75 Å². The fourth-order valence-corrected chi connectivity index (χ4v) is 0.374. The van der Waals surface area contributed by atoms with Gasteiger partial charge in [-0.15, -0.1) is 0 Å². The van der Waals surface area contributed by atoms with Crippen molar-refractivity contribution in [1.82, 2.24) is 4.98 Å². The van der Waals surface area contributed by atoms with Gasteiger partial charge in [0.2, 0.25) is 0 Å². The molecule has 4 N–H and O–H groups in total. The zero-order chi connectivity index (χ0) is 5.28. The summed E-state index contributed by atoms with van der Waals surface area (Å²) in [5.74, 6) is 0.431. The third-order valence-electron chi connectivity index (χ3n) is 0.756. The summed E-state index contributed by atoms with van der Waals surface area (Å²) in [6, 6.07) is 1.50. The molecule has 0 aliphatic carbocycles. The number of nitrogen functional groups attached to an aromatic ring is 1. The Hall–Kier alpha value is -1.12. The van der Waals surface area contributed by atoms with E-state index < -0.39 is 0 Å². The summed E-state index contributed by atoms with van der Waals surface area (Å²) in [6.45, 7) is 0. The molecule has 0 aliphatic rings. The van der Waals surface area contributed by atoms with Gasteiger partial charge in [-0.25, -0.2) is 0 Å². The molecule has 38 valence electrons. The van der Waals surface area contributed by atoms with Crippen LogP contribution >= 0.6 is 0 Å². The molecule has 3 heteroatoms. The van der Waals surface area contributed by atoms with E-state index in [1.165, 1.54) is 6.07 Å². The number of anilines is 1. The number of aromatic nitrogens is 1. The number of aromatic amines is 1. The highest BCUT2D eigenvalue weighted by molar-refractivity contribution is 5.44. The van der Waals surface area contributed by atoms with Crippen LogP contribution in [0.25, 0.3) is 0 Å². The normalized spacial score (nSPS) is 9.14. The summed E-state index contributed by atoms with van der Waals surface area (Å²) in [5.41, 5.74) is 5.13. The van der Waals surface area contributed by atoms with E-state index in [9.17, 15) is 0 Å². The third kappa shape index (κ3) is 0.513. The third-order valence-corrected chi connectivity index (χ3v) is 0.756. The topological polar surface area (TPSA) is 62.0 Å². The molecule has 0 unspecified atom stereocenters. The van der Waals surface area contributed by atoms with Crippen molar-refractivity contribution in [3.63, 3.8) is 0 Å². The van der Waals surface area contributed by atoms with Gasteiger partial charge in [0, 0.05) is 6.20 Å². The minimum atomic E-state index is 0.111. The molecule has 1 rings (SSSR count). The Morgan fingerprint density at radius 2 is 2.43 bits per heavy atom. The Morgan fingerprint density at radius 1 is 1.71 bits per heavy atom. The minimum Gasteiger partial charge on any atom is -0.504 e. The first-order chi connectivity index (χ1) is 3.30. The Balaban J connectivity index is 3.12. The second-order valence-electron chi connectivity index (χ2n) is 1.28. The molecule has 0 aromatic carbocycles. The number of hydrogen-bond acceptors (Lipinski definition) is 2. The Labute approximate surface area is 40.8 Å². The van der Waals surface area contributed by atoms with Crippen LogP contribution in [0.3, 0.4) is 0 Å². The minimum absolute atomic E-state index is 0.111. The number of aromatic hydroxyl groups is 1. The number of H-pyrrole nitrogens is 1. The maximum absolute atomic E-state index is 8.60. The first kappa shape index (κ1) is 4.05. The SMILES string of the molecule is Nc1[nH]ccc1O. The van der Waals surface area contributed by atoms with Gasteiger partial charge in [0.1, 0.15) is 5.82 Å². The monoisotopic (exact) mass is 98.0 g/mol. The van der Waals surface area contributed by atoms with E-state index in [-0.39, 0.29) is 5.75 Å². The Morgan fingerprint density at radius 3 is 2.57 bits per heavy atom. The lowest BCUT2D eigenvalue weighted by Gasteiger charge is -1.81. The molecule has 0 saturated heterocycles. The number of hydrogen-bond donors (Lipinski definition) is 3. The van der Waals surface area contributed by atoms with Gasteiger partial charge >= 0.3 is 0 Å². The van der Waals surface area contributed by atoms with Gasteiger partial charge in [0.15, 0.2) is 5.75 Å². The van der Waals surface area contributed by atoms with Gasteiger partial charge in [-0.05, 0) is 6.07 Å². The van der Waals surface area contributed by atoms with Crippen LogP contribution in [0.5, 0.6) is 5.75 Å². The van der Waals surface area contributed by atoms with Crippen molar-refractivity contribution in [1.29, 1.82) is 0 Å². The summed E-state index contributed by atoms with van der Waals surface area (Å²) in [6.07, 6.45) is 1.57. The van der Waals surface area contributed by atoms with Crippen molar-refractivity contribution in [3.05, 3.63) is 12.3 Å². The molecule has 0 saturated carbocycles. The first-order valence-corrected chi connectivity index (χ1v) is 1.92. The molecule has 1 aromatic rings. The highest BCUT2D eigenvalue weighted by Gasteiger charge is 1.90. The average molecular weight is 98.1 g/mol. The summed E-state index contributed by atoms with van der Waals surface area (Å²) in [4.78, 5) is 2.60. The van der Waals surface area contributed by atoms with Crippen LogP contribution < -0.4 is 5.73 Å². The highest BCUT2D eigenvalue weighted by Crippen LogP contribution is 2.14. The molecule has 0 radical (unpaired) electrons. The molecular formula is C4H6N2O. The lowest BCUT2D eigenvalue weighted by Crippen LogP contribution is -1.81. The van der Waals surface area contributed by atoms with Crippen molar-refractivity contribution >= 4 is 5.82 Å². The lowest BCUT2D eigenvalue weighted by atomic mass is 10.6. The van der Waals surface area contributed by atoms with Crippen molar-refractivity contribution in [2.75, 3.05) is 5.73 Å². The zero-order valence-corrected chi connectivity index (χ0v) is 3.68. The van der Waals surface area contributed by atoms with E-state index in [0.717, 1.165) is 0 Å². The molecule has 0 spiro atoms. The Bertz CT molecular complexity index is 142. The van der Waals surface area contributed by atoms with Gasteiger partial charge in [-0.3, -0.25) is 0 Å². The van der Waals surface area contributed by atoms with Crippen LogP contribution in [0.1, 0.15) is 0 Å². The van der Waals surface area contributed by atoms with Crippen molar-refractivity contribution in [2.24, 2.45) is 0 Å². The molecule has 0 aliphatic heterocycles. The van der Waals surface area contributed by atoms with E-state index in [2.05, 4.69) is 4.98 Å². The van der Waals surface area contributed by atoms with Crippen molar-refractivity contribution in [2.45, 2.75) is 0 Å². The number of rotatable bonds is 0. The predicted octanol–water partition coefficient (Wildman–Crippen LogP) is 0.303. The Kier molecular flexibility index (Phi) is 0.685. The van der Waals surface area contributed by atoms with E-state index in [1.54, 1.807) is 6.20 Å².